The Morgan fingerprint density at radius 2 is 2.23 bits per heavy atom. The Kier molecular flexibility index (Phi) is 3.61. The van der Waals surface area contributed by atoms with Crippen LogP contribution in [0, 0.1) is 11.9 Å². The molecule has 0 bridgehead atoms. The van der Waals surface area contributed by atoms with Gasteiger partial charge in [-0.15, -0.1) is 0 Å². The Balaban J connectivity index is 2.37. The molecule has 1 N–H and O–H groups in total. The summed E-state index contributed by atoms with van der Waals surface area (Å²) in [6.45, 7) is 5.08. The standard InChI is InChI=1S/C9H14FN3/c1-7(2)3-4-12-9-6-11-5-8(10)13-9/h5-7H,3-4H2,1-2H3,(H,12,13). The summed E-state index contributed by atoms with van der Waals surface area (Å²) in [6.07, 6.45) is 3.65. The summed E-state index contributed by atoms with van der Waals surface area (Å²) in [5.41, 5.74) is 0. The Morgan fingerprint density at radius 3 is 2.85 bits per heavy atom. The lowest BCUT2D eigenvalue weighted by Crippen LogP contribution is -2.06. The van der Waals surface area contributed by atoms with E-state index in [1.165, 1.54) is 6.20 Å². The van der Waals surface area contributed by atoms with Gasteiger partial charge < -0.3 is 5.32 Å². The fourth-order valence-corrected chi connectivity index (χ4v) is 0.916. The molecule has 3 nitrogen and oxygen atoms in total. The molecule has 0 aliphatic heterocycles. The van der Waals surface area contributed by atoms with E-state index in [1.54, 1.807) is 0 Å². The van der Waals surface area contributed by atoms with Gasteiger partial charge in [0.25, 0.3) is 0 Å². The maximum Gasteiger partial charge on any atom is 0.233 e. The summed E-state index contributed by atoms with van der Waals surface area (Å²) in [4.78, 5) is 7.31. The van der Waals surface area contributed by atoms with Crippen molar-refractivity contribution >= 4 is 5.82 Å². The van der Waals surface area contributed by atoms with Crippen LogP contribution in [0.25, 0.3) is 0 Å². The molecule has 0 fully saturated rings. The number of anilines is 1. The Morgan fingerprint density at radius 1 is 1.46 bits per heavy atom. The van der Waals surface area contributed by atoms with Crippen molar-refractivity contribution in [3.8, 4) is 0 Å². The SMILES string of the molecule is CC(C)CCNc1cncc(F)n1. The molecule has 0 unspecified atom stereocenters. The molecule has 0 atom stereocenters. The van der Waals surface area contributed by atoms with Crippen molar-refractivity contribution in [2.75, 3.05) is 11.9 Å². The molecule has 0 saturated heterocycles. The number of hydrogen-bond acceptors (Lipinski definition) is 3. The Bertz CT molecular complexity index is 263. The maximum absolute atomic E-state index is 12.5. The fraction of sp³-hybridized carbons (Fsp3) is 0.556. The first kappa shape index (κ1) is 9.89. The minimum atomic E-state index is -0.547. The van der Waals surface area contributed by atoms with Gasteiger partial charge in [0.2, 0.25) is 5.95 Å². The number of nitrogens with one attached hydrogen (secondary N) is 1. The summed E-state index contributed by atoms with van der Waals surface area (Å²) < 4.78 is 12.5. The second-order valence-corrected chi connectivity index (χ2v) is 3.34. The molecular weight excluding hydrogens is 169 g/mol. The smallest absolute Gasteiger partial charge is 0.233 e. The average molecular weight is 183 g/mol. The van der Waals surface area contributed by atoms with E-state index in [2.05, 4.69) is 29.1 Å². The summed E-state index contributed by atoms with van der Waals surface area (Å²) >= 11 is 0. The highest BCUT2D eigenvalue weighted by Gasteiger charge is 1.97. The van der Waals surface area contributed by atoms with Gasteiger partial charge in [-0.3, -0.25) is 4.98 Å². The third-order valence-corrected chi connectivity index (χ3v) is 1.63. The Hall–Kier alpha value is -1.19. The van der Waals surface area contributed by atoms with Crippen molar-refractivity contribution in [2.24, 2.45) is 5.92 Å². The van der Waals surface area contributed by atoms with Crippen LogP contribution in [0.3, 0.4) is 0 Å². The van der Waals surface area contributed by atoms with Gasteiger partial charge >= 0.3 is 0 Å². The van der Waals surface area contributed by atoms with Crippen LogP contribution in [0.2, 0.25) is 0 Å². The number of aromatic nitrogens is 2. The summed E-state index contributed by atoms with van der Waals surface area (Å²) in [5.74, 6) is 0.587. The second-order valence-electron chi connectivity index (χ2n) is 3.34. The van der Waals surface area contributed by atoms with Gasteiger partial charge in [0.15, 0.2) is 0 Å². The first-order chi connectivity index (χ1) is 6.18. The third kappa shape index (κ3) is 3.83. The van der Waals surface area contributed by atoms with Crippen LogP contribution in [0.1, 0.15) is 20.3 Å². The molecule has 0 amide bonds. The summed E-state index contributed by atoms with van der Waals surface area (Å²) in [7, 11) is 0. The van der Waals surface area contributed by atoms with Crippen molar-refractivity contribution in [1.82, 2.24) is 9.97 Å². The van der Waals surface area contributed by atoms with Crippen LogP contribution in [0.5, 0.6) is 0 Å². The molecule has 0 aromatic carbocycles. The largest absolute Gasteiger partial charge is 0.369 e. The molecule has 1 rings (SSSR count). The van der Waals surface area contributed by atoms with Crippen molar-refractivity contribution in [1.29, 1.82) is 0 Å². The fourth-order valence-electron chi connectivity index (χ4n) is 0.916. The van der Waals surface area contributed by atoms with Crippen molar-refractivity contribution in [2.45, 2.75) is 20.3 Å². The molecule has 0 aliphatic rings. The van der Waals surface area contributed by atoms with E-state index in [4.69, 9.17) is 0 Å². The maximum atomic E-state index is 12.5. The second kappa shape index (κ2) is 4.74. The highest BCUT2D eigenvalue weighted by atomic mass is 19.1. The van der Waals surface area contributed by atoms with E-state index in [-0.39, 0.29) is 0 Å². The van der Waals surface area contributed by atoms with Crippen LogP contribution in [0.15, 0.2) is 12.4 Å². The normalized spacial score (nSPS) is 10.5. The predicted octanol–water partition coefficient (Wildman–Crippen LogP) is 2.07. The van der Waals surface area contributed by atoms with Gasteiger partial charge in [-0.1, -0.05) is 13.8 Å². The van der Waals surface area contributed by atoms with Gasteiger partial charge in [-0.05, 0) is 12.3 Å². The molecule has 1 aromatic rings. The monoisotopic (exact) mass is 183 g/mol. The minimum Gasteiger partial charge on any atom is -0.369 e. The molecule has 0 spiro atoms. The van der Waals surface area contributed by atoms with E-state index in [9.17, 15) is 4.39 Å². The van der Waals surface area contributed by atoms with Crippen LogP contribution in [0.4, 0.5) is 10.2 Å². The van der Waals surface area contributed by atoms with E-state index < -0.39 is 5.95 Å². The number of hydrogen-bond donors (Lipinski definition) is 1. The first-order valence-electron chi connectivity index (χ1n) is 4.40. The minimum absolute atomic E-state index is 0.501. The lowest BCUT2D eigenvalue weighted by atomic mass is 10.1. The molecule has 72 valence electrons. The highest BCUT2D eigenvalue weighted by molar-refractivity contribution is 5.29. The predicted molar refractivity (Wildman–Crippen MR) is 49.9 cm³/mol. The molecular formula is C9H14FN3. The number of halogens is 1. The quantitative estimate of drug-likeness (QED) is 0.776. The van der Waals surface area contributed by atoms with Gasteiger partial charge in [0.05, 0.1) is 12.4 Å². The molecule has 0 aliphatic carbocycles. The van der Waals surface area contributed by atoms with Crippen LogP contribution in [-0.2, 0) is 0 Å². The topological polar surface area (TPSA) is 37.8 Å². The summed E-state index contributed by atoms with van der Waals surface area (Å²) in [6, 6.07) is 0. The van der Waals surface area contributed by atoms with Crippen LogP contribution >= 0.6 is 0 Å². The molecule has 1 heterocycles. The van der Waals surface area contributed by atoms with Gasteiger partial charge in [-0.25, -0.2) is 0 Å². The van der Waals surface area contributed by atoms with Gasteiger partial charge in [0.1, 0.15) is 5.82 Å². The van der Waals surface area contributed by atoms with E-state index in [0.29, 0.717) is 11.7 Å². The lowest BCUT2D eigenvalue weighted by Gasteiger charge is -2.06. The zero-order chi connectivity index (χ0) is 9.68. The van der Waals surface area contributed by atoms with Crippen molar-refractivity contribution in [3.63, 3.8) is 0 Å². The number of nitrogens with zero attached hydrogens (tertiary/aromatic N) is 2. The Labute approximate surface area is 77.4 Å². The van der Waals surface area contributed by atoms with Gasteiger partial charge in [-0.2, -0.15) is 9.37 Å². The van der Waals surface area contributed by atoms with Crippen molar-refractivity contribution < 1.29 is 4.39 Å². The number of rotatable bonds is 4. The third-order valence-electron chi connectivity index (χ3n) is 1.63. The van der Waals surface area contributed by atoms with Crippen molar-refractivity contribution in [3.05, 3.63) is 18.3 Å². The molecule has 0 saturated carbocycles. The van der Waals surface area contributed by atoms with Crippen LogP contribution in [-0.4, -0.2) is 16.5 Å². The first-order valence-corrected chi connectivity index (χ1v) is 4.40. The van der Waals surface area contributed by atoms with Gasteiger partial charge in [0, 0.05) is 6.54 Å². The zero-order valence-electron chi connectivity index (χ0n) is 7.92. The molecule has 13 heavy (non-hydrogen) atoms. The van der Waals surface area contributed by atoms with E-state index in [0.717, 1.165) is 19.2 Å². The zero-order valence-corrected chi connectivity index (χ0v) is 7.92. The lowest BCUT2D eigenvalue weighted by molar-refractivity contribution is 0.575. The highest BCUT2D eigenvalue weighted by Crippen LogP contribution is 2.03. The molecule has 4 heteroatoms. The summed E-state index contributed by atoms with van der Waals surface area (Å²) in [5, 5.41) is 3.00. The molecule has 1 aromatic heterocycles. The average Bonchev–Trinajstić information content (AvgIpc) is 2.03. The van der Waals surface area contributed by atoms with E-state index >= 15 is 0 Å². The van der Waals surface area contributed by atoms with Crippen LogP contribution < -0.4 is 5.32 Å². The molecule has 0 radical (unpaired) electrons. The van der Waals surface area contributed by atoms with E-state index in [1.807, 2.05) is 0 Å².